The van der Waals surface area contributed by atoms with E-state index in [0.29, 0.717) is 4.48 Å². The molecule has 0 fully saturated rings. The molecule has 0 saturated heterocycles. The van der Waals surface area contributed by atoms with Gasteiger partial charge in [0.25, 0.3) is 0 Å². The van der Waals surface area contributed by atoms with Crippen LogP contribution in [0.15, 0.2) is 0 Å². The number of esters is 1. The molecule has 8 heteroatoms. The number of hydrogen-bond donors (Lipinski definition) is 2. The van der Waals surface area contributed by atoms with E-state index >= 15 is 0 Å². The lowest BCUT2D eigenvalue weighted by Gasteiger charge is -2.28. The first kappa shape index (κ1) is 17.3. The van der Waals surface area contributed by atoms with Gasteiger partial charge in [-0.15, -0.1) is 0 Å². The molecule has 19 heavy (non-hydrogen) atoms. The van der Waals surface area contributed by atoms with Crippen molar-refractivity contribution in [1.29, 1.82) is 0 Å². The summed E-state index contributed by atoms with van der Waals surface area (Å²) in [6, 6.07) is 0. The summed E-state index contributed by atoms with van der Waals surface area (Å²) in [7, 11) is 5.37. The molecule has 0 saturated carbocycles. The molecule has 0 aliphatic rings. The molecular weight excluding hydrogens is 258 g/mol. The van der Waals surface area contributed by atoms with Gasteiger partial charge in [-0.2, -0.15) is 0 Å². The summed E-state index contributed by atoms with van der Waals surface area (Å²) < 4.78 is 5.24. The third-order valence-electron chi connectivity index (χ3n) is 2.08. The molecule has 110 valence electrons. The SMILES string of the molecule is C[N+](C)(C)CC(CC(=O)O)OC(=O)CC(O)C(=O)[O-]. The zero-order valence-corrected chi connectivity index (χ0v) is 11.2. The van der Waals surface area contributed by atoms with Gasteiger partial charge in [-0.05, 0) is 0 Å². The van der Waals surface area contributed by atoms with E-state index in [1.54, 1.807) is 21.1 Å². The molecule has 0 rings (SSSR count). The highest BCUT2D eigenvalue weighted by atomic mass is 16.5. The van der Waals surface area contributed by atoms with Crippen LogP contribution in [0.5, 0.6) is 0 Å². The molecule has 0 amide bonds. The van der Waals surface area contributed by atoms with Gasteiger partial charge in [-0.3, -0.25) is 9.59 Å². The minimum absolute atomic E-state index is 0.249. The van der Waals surface area contributed by atoms with Crippen LogP contribution in [0.4, 0.5) is 0 Å². The Morgan fingerprint density at radius 1 is 1.21 bits per heavy atom. The number of aliphatic hydroxyl groups excluding tert-OH is 1. The number of quaternary nitrogens is 1. The first-order chi connectivity index (χ1) is 8.51. The summed E-state index contributed by atoms with van der Waals surface area (Å²) >= 11 is 0. The highest BCUT2D eigenvalue weighted by Crippen LogP contribution is 2.07. The molecule has 8 nitrogen and oxygen atoms in total. The maximum atomic E-state index is 11.4. The average molecular weight is 277 g/mol. The lowest BCUT2D eigenvalue weighted by Crippen LogP contribution is -2.44. The van der Waals surface area contributed by atoms with Gasteiger partial charge in [0, 0.05) is 0 Å². The fraction of sp³-hybridized carbons (Fsp3) is 0.727. The second-order valence-electron chi connectivity index (χ2n) is 5.22. The van der Waals surface area contributed by atoms with Gasteiger partial charge in [-0.1, -0.05) is 0 Å². The van der Waals surface area contributed by atoms with E-state index in [0.717, 1.165) is 0 Å². The molecule has 0 aliphatic heterocycles. The monoisotopic (exact) mass is 277 g/mol. The normalized spacial score (nSPS) is 14.5. The Kier molecular flexibility index (Phi) is 6.43. The van der Waals surface area contributed by atoms with E-state index in [1.165, 1.54) is 0 Å². The summed E-state index contributed by atoms with van der Waals surface area (Å²) in [5.74, 6) is -3.89. The van der Waals surface area contributed by atoms with Gasteiger partial charge in [-0.25, -0.2) is 0 Å². The molecule has 0 bridgehead atoms. The number of likely N-dealkylation sites (N-methyl/N-ethyl adjacent to an activating group) is 1. The second-order valence-corrected chi connectivity index (χ2v) is 5.22. The minimum atomic E-state index is -1.96. The van der Waals surface area contributed by atoms with Crippen molar-refractivity contribution < 1.29 is 38.9 Å². The van der Waals surface area contributed by atoms with Crippen LogP contribution in [-0.4, -0.2) is 72.5 Å². The van der Waals surface area contributed by atoms with Crippen molar-refractivity contribution in [2.75, 3.05) is 27.7 Å². The Morgan fingerprint density at radius 3 is 2.11 bits per heavy atom. The predicted molar refractivity (Wildman–Crippen MR) is 60.7 cm³/mol. The first-order valence-corrected chi connectivity index (χ1v) is 5.62. The highest BCUT2D eigenvalue weighted by molar-refractivity contribution is 5.79. The highest BCUT2D eigenvalue weighted by Gasteiger charge is 2.25. The van der Waals surface area contributed by atoms with Gasteiger partial charge >= 0.3 is 11.9 Å². The molecule has 0 aromatic rings. The van der Waals surface area contributed by atoms with Crippen LogP contribution in [0.2, 0.25) is 0 Å². The van der Waals surface area contributed by atoms with Gasteiger partial charge in [0.1, 0.15) is 12.6 Å². The molecule has 0 spiro atoms. The van der Waals surface area contributed by atoms with Gasteiger partial charge < -0.3 is 29.3 Å². The van der Waals surface area contributed by atoms with E-state index in [1.807, 2.05) is 0 Å². The molecule has 2 atom stereocenters. The van der Waals surface area contributed by atoms with Crippen molar-refractivity contribution in [2.24, 2.45) is 0 Å². The summed E-state index contributed by atoms with van der Waals surface area (Å²) in [6.07, 6.45) is -4.00. The fourth-order valence-electron chi connectivity index (χ4n) is 1.42. The van der Waals surface area contributed by atoms with Crippen LogP contribution in [0.1, 0.15) is 12.8 Å². The first-order valence-electron chi connectivity index (χ1n) is 5.62. The van der Waals surface area contributed by atoms with Gasteiger partial charge in [0.15, 0.2) is 6.10 Å². The molecule has 0 aromatic heterocycles. The Morgan fingerprint density at radius 2 is 1.74 bits per heavy atom. The van der Waals surface area contributed by atoms with Crippen molar-refractivity contribution >= 4 is 17.9 Å². The predicted octanol–water partition coefficient (Wildman–Crippen LogP) is -2.42. The van der Waals surface area contributed by atoms with Crippen LogP contribution in [0, 0.1) is 0 Å². The number of nitrogens with zero attached hydrogens (tertiary/aromatic N) is 1. The summed E-state index contributed by atoms with van der Waals surface area (Å²) in [5, 5.41) is 27.9. The number of carboxylic acids is 2. The van der Waals surface area contributed by atoms with Crippen molar-refractivity contribution in [1.82, 2.24) is 0 Å². The third kappa shape index (κ3) is 8.97. The second kappa shape index (κ2) is 7.05. The zero-order chi connectivity index (χ0) is 15.2. The molecule has 0 aromatic carbocycles. The largest absolute Gasteiger partial charge is 0.547 e. The number of carbonyl (C=O) groups excluding carboxylic acids is 2. The number of hydrogen-bond acceptors (Lipinski definition) is 6. The van der Waals surface area contributed by atoms with Crippen molar-refractivity contribution in [2.45, 2.75) is 25.0 Å². The number of carboxylic acid groups (broad SMARTS) is 2. The number of aliphatic carboxylic acids is 2. The van der Waals surface area contributed by atoms with Gasteiger partial charge in [0.05, 0.1) is 40.0 Å². The molecule has 0 aliphatic carbocycles. The number of ether oxygens (including phenoxy) is 1. The maximum Gasteiger partial charge on any atom is 0.309 e. The van der Waals surface area contributed by atoms with E-state index in [2.05, 4.69) is 0 Å². The quantitative estimate of drug-likeness (QED) is 0.373. The third-order valence-corrected chi connectivity index (χ3v) is 2.08. The summed E-state index contributed by atoms with van der Waals surface area (Å²) in [4.78, 5) is 32.3. The molecule has 2 N–H and O–H groups in total. The van der Waals surface area contributed by atoms with Crippen LogP contribution < -0.4 is 5.11 Å². The molecular formula is C11H19NO7. The number of carbonyl (C=O) groups is 3. The Labute approximate surface area is 110 Å². The lowest BCUT2D eigenvalue weighted by atomic mass is 10.2. The summed E-state index contributed by atoms with van der Waals surface area (Å²) in [5.41, 5.74) is 0. The zero-order valence-electron chi connectivity index (χ0n) is 11.2. The van der Waals surface area contributed by atoms with Crippen molar-refractivity contribution in [3.05, 3.63) is 0 Å². The van der Waals surface area contributed by atoms with E-state index in [9.17, 15) is 19.5 Å². The van der Waals surface area contributed by atoms with E-state index in [4.69, 9.17) is 14.9 Å². The van der Waals surface area contributed by atoms with Crippen LogP contribution in [0.25, 0.3) is 0 Å². The average Bonchev–Trinajstić information content (AvgIpc) is 2.12. The number of aliphatic hydroxyl groups is 1. The molecule has 0 heterocycles. The van der Waals surface area contributed by atoms with E-state index in [-0.39, 0.29) is 13.0 Å². The number of rotatable bonds is 8. The van der Waals surface area contributed by atoms with E-state index < -0.39 is 36.5 Å². The van der Waals surface area contributed by atoms with Gasteiger partial charge in [0.2, 0.25) is 0 Å². The van der Waals surface area contributed by atoms with Crippen LogP contribution in [-0.2, 0) is 19.1 Å². The summed E-state index contributed by atoms with van der Waals surface area (Å²) in [6.45, 7) is 0.249. The Hall–Kier alpha value is -1.67. The Balaban J connectivity index is 4.50. The Bertz CT molecular complexity index is 347. The lowest BCUT2D eigenvalue weighted by molar-refractivity contribution is -0.873. The smallest absolute Gasteiger partial charge is 0.309 e. The maximum absolute atomic E-state index is 11.4. The van der Waals surface area contributed by atoms with Crippen LogP contribution >= 0.6 is 0 Å². The van der Waals surface area contributed by atoms with Crippen molar-refractivity contribution in [3.63, 3.8) is 0 Å². The minimum Gasteiger partial charge on any atom is -0.547 e. The van der Waals surface area contributed by atoms with Crippen molar-refractivity contribution in [3.8, 4) is 0 Å². The fourth-order valence-corrected chi connectivity index (χ4v) is 1.42. The topological polar surface area (TPSA) is 124 Å². The molecule has 2 unspecified atom stereocenters. The molecule has 0 radical (unpaired) electrons. The van der Waals surface area contributed by atoms with Crippen LogP contribution in [0.3, 0.4) is 0 Å². The standard InChI is InChI=1S/C11H19NO7/c1-12(2,3)6-7(4-9(14)15)19-10(16)5-8(13)11(17)18/h7-8,13H,4-6H2,1-3H3,(H-,14,15,17,18).